The van der Waals surface area contributed by atoms with Gasteiger partial charge in [0.05, 0.1) is 17.6 Å². The molecular formula is C14H14N6O3S. The highest BCUT2D eigenvalue weighted by Gasteiger charge is 2.18. The van der Waals surface area contributed by atoms with Crippen LogP contribution in [0.2, 0.25) is 0 Å². The van der Waals surface area contributed by atoms with Crippen molar-refractivity contribution >= 4 is 21.6 Å². The summed E-state index contributed by atoms with van der Waals surface area (Å²) in [5.41, 5.74) is 6.03. The summed E-state index contributed by atoms with van der Waals surface area (Å²) in [6, 6.07) is 8.12. The summed E-state index contributed by atoms with van der Waals surface area (Å²) >= 11 is 0. The Morgan fingerprint density at radius 3 is 2.62 bits per heavy atom. The zero-order chi connectivity index (χ0) is 17.3. The van der Waals surface area contributed by atoms with Gasteiger partial charge in [0, 0.05) is 19.4 Å². The molecule has 24 heavy (non-hydrogen) atoms. The van der Waals surface area contributed by atoms with Crippen LogP contribution in [-0.2, 0) is 17.1 Å². The number of amides is 1. The molecule has 0 saturated carbocycles. The number of rotatable bonds is 5. The predicted molar refractivity (Wildman–Crippen MR) is 86.1 cm³/mol. The van der Waals surface area contributed by atoms with E-state index < -0.39 is 15.9 Å². The molecule has 1 aromatic carbocycles. The van der Waals surface area contributed by atoms with Crippen molar-refractivity contribution in [3.63, 3.8) is 0 Å². The molecule has 1 amide bonds. The minimum absolute atomic E-state index is 0.0399. The van der Waals surface area contributed by atoms with Gasteiger partial charge in [0.25, 0.3) is 15.9 Å². The molecule has 0 saturated heterocycles. The highest BCUT2D eigenvalue weighted by atomic mass is 32.2. The molecule has 3 N–H and O–H groups in total. The van der Waals surface area contributed by atoms with Crippen molar-refractivity contribution in [3.05, 3.63) is 54.6 Å². The number of hydrogen-bond acceptors (Lipinski definition) is 5. The lowest BCUT2D eigenvalue weighted by molar-refractivity contribution is 0.0995. The van der Waals surface area contributed by atoms with Crippen LogP contribution in [0, 0.1) is 0 Å². The van der Waals surface area contributed by atoms with E-state index >= 15 is 0 Å². The number of aryl methyl sites for hydroxylation is 1. The summed E-state index contributed by atoms with van der Waals surface area (Å²) in [6.07, 6.45) is 4.17. The van der Waals surface area contributed by atoms with Gasteiger partial charge in [-0.05, 0) is 18.2 Å². The maximum absolute atomic E-state index is 12.4. The van der Waals surface area contributed by atoms with Gasteiger partial charge in [-0.1, -0.05) is 12.1 Å². The molecule has 2 aromatic heterocycles. The van der Waals surface area contributed by atoms with Crippen LogP contribution in [0.1, 0.15) is 10.5 Å². The van der Waals surface area contributed by atoms with Crippen molar-refractivity contribution < 1.29 is 13.2 Å². The smallest absolute Gasteiger partial charge is 0.269 e. The number of hydrogen-bond donors (Lipinski definition) is 2. The van der Waals surface area contributed by atoms with E-state index in [1.54, 1.807) is 31.3 Å². The normalized spacial score (nSPS) is 11.4. The van der Waals surface area contributed by atoms with Crippen LogP contribution >= 0.6 is 0 Å². The van der Waals surface area contributed by atoms with E-state index in [0.717, 1.165) is 0 Å². The first-order valence-corrected chi connectivity index (χ1v) is 8.31. The summed E-state index contributed by atoms with van der Waals surface area (Å²) < 4.78 is 30.2. The lowest BCUT2D eigenvalue weighted by Gasteiger charge is -2.11. The van der Waals surface area contributed by atoms with Crippen molar-refractivity contribution in [3.8, 4) is 5.69 Å². The molecule has 3 rings (SSSR count). The molecule has 9 nitrogen and oxygen atoms in total. The number of nitrogens with two attached hydrogens (primary N) is 1. The molecular weight excluding hydrogens is 332 g/mol. The van der Waals surface area contributed by atoms with Gasteiger partial charge in [0.2, 0.25) is 0 Å². The first-order chi connectivity index (χ1) is 11.4. The van der Waals surface area contributed by atoms with Crippen LogP contribution in [0.5, 0.6) is 0 Å². The van der Waals surface area contributed by atoms with E-state index in [-0.39, 0.29) is 10.6 Å². The minimum Gasteiger partial charge on any atom is -0.364 e. The van der Waals surface area contributed by atoms with Crippen LogP contribution in [-0.4, -0.2) is 33.9 Å². The Balaban J connectivity index is 1.99. The minimum atomic E-state index is -3.80. The number of nitrogens with one attached hydrogen (secondary N) is 1. The molecule has 0 bridgehead atoms. The van der Waals surface area contributed by atoms with Crippen LogP contribution < -0.4 is 10.5 Å². The van der Waals surface area contributed by atoms with Crippen molar-refractivity contribution in [2.45, 2.75) is 4.90 Å². The second kappa shape index (κ2) is 5.81. The van der Waals surface area contributed by atoms with Gasteiger partial charge in [0.1, 0.15) is 10.6 Å². The van der Waals surface area contributed by atoms with E-state index in [1.807, 2.05) is 0 Å². The molecule has 124 valence electrons. The highest BCUT2D eigenvalue weighted by molar-refractivity contribution is 7.92. The predicted octanol–water partition coefficient (Wildman–Crippen LogP) is 0.505. The molecule has 0 unspecified atom stereocenters. The van der Waals surface area contributed by atoms with Gasteiger partial charge >= 0.3 is 0 Å². The highest BCUT2D eigenvalue weighted by Crippen LogP contribution is 2.23. The SMILES string of the molecule is Cn1cc(S(=O)(=O)Nc2ccccc2-n2ccc(C(N)=O)n2)cn1. The lowest BCUT2D eigenvalue weighted by atomic mass is 10.3. The largest absolute Gasteiger partial charge is 0.364 e. The number of benzene rings is 1. The Labute approximate surface area is 137 Å². The second-order valence-electron chi connectivity index (χ2n) is 4.98. The first-order valence-electron chi connectivity index (χ1n) is 6.83. The van der Waals surface area contributed by atoms with Crippen LogP contribution in [0.4, 0.5) is 5.69 Å². The van der Waals surface area contributed by atoms with Crippen LogP contribution in [0.25, 0.3) is 5.69 Å². The molecule has 2 heterocycles. The molecule has 0 aliphatic carbocycles. The third-order valence-electron chi connectivity index (χ3n) is 3.23. The quantitative estimate of drug-likeness (QED) is 0.696. The molecule has 0 atom stereocenters. The van der Waals surface area contributed by atoms with Gasteiger partial charge in [-0.2, -0.15) is 10.2 Å². The number of carbonyl (C=O) groups is 1. The Kier molecular flexibility index (Phi) is 3.81. The first kappa shape index (κ1) is 15.7. The van der Waals surface area contributed by atoms with E-state index in [1.165, 1.54) is 34.0 Å². The summed E-state index contributed by atoms with van der Waals surface area (Å²) in [4.78, 5) is 11.2. The fraction of sp³-hybridized carbons (Fsp3) is 0.0714. The summed E-state index contributed by atoms with van der Waals surface area (Å²) in [5, 5.41) is 7.89. The maximum Gasteiger partial charge on any atom is 0.269 e. The average molecular weight is 346 g/mol. The number of anilines is 1. The number of para-hydroxylation sites is 2. The number of aromatic nitrogens is 4. The van der Waals surface area contributed by atoms with Crippen LogP contribution in [0.15, 0.2) is 53.8 Å². The van der Waals surface area contributed by atoms with Gasteiger partial charge in [-0.3, -0.25) is 14.2 Å². The fourth-order valence-corrected chi connectivity index (χ4v) is 3.15. The summed E-state index contributed by atoms with van der Waals surface area (Å²) in [5.74, 6) is -0.665. The lowest BCUT2D eigenvalue weighted by Crippen LogP contribution is -2.15. The Morgan fingerprint density at radius 1 is 1.25 bits per heavy atom. The van der Waals surface area contributed by atoms with E-state index in [2.05, 4.69) is 14.9 Å². The van der Waals surface area contributed by atoms with Gasteiger partial charge < -0.3 is 5.73 Å². The van der Waals surface area contributed by atoms with Crippen molar-refractivity contribution in [2.75, 3.05) is 4.72 Å². The van der Waals surface area contributed by atoms with Gasteiger partial charge in [-0.25, -0.2) is 13.1 Å². The van der Waals surface area contributed by atoms with E-state index in [9.17, 15) is 13.2 Å². The molecule has 0 aliphatic rings. The summed E-state index contributed by atoms with van der Waals surface area (Å²) in [7, 11) is -2.17. The van der Waals surface area contributed by atoms with Crippen molar-refractivity contribution in [1.82, 2.24) is 19.6 Å². The van der Waals surface area contributed by atoms with Gasteiger partial charge in [-0.15, -0.1) is 0 Å². The Morgan fingerprint density at radius 2 is 2.00 bits per heavy atom. The van der Waals surface area contributed by atoms with Crippen LogP contribution in [0.3, 0.4) is 0 Å². The van der Waals surface area contributed by atoms with Crippen molar-refractivity contribution in [1.29, 1.82) is 0 Å². The second-order valence-corrected chi connectivity index (χ2v) is 6.66. The third-order valence-corrected chi connectivity index (χ3v) is 4.55. The number of nitrogens with zero attached hydrogens (tertiary/aromatic N) is 4. The van der Waals surface area contributed by atoms with Gasteiger partial charge in [0.15, 0.2) is 0 Å². The Hall–Kier alpha value is -3.14. The maximum atomic E-state index is 12.4. The topological polar surface area (TPSA) is 125 Å². The van der Waals surface area contributed by atoms with E-state index in [4.69, 9.17) is 5.73 Å². The molecule has 3 aromatic rings. The fourth-order valence-electron chi connectivity index (χ4n) is 2.09. The molecule has 0 fully saturated rings. The zero-order valence-electron chi connectivity index (χ0n) is 12.6. The molecule has 0 radical (unpaired) electrons. The third kappa shape index (κ3) is 2.99. The summed E-state index contributed by atoms with van der Waals surface area (Å²) in [6.45, 7) is 0. The molecule has 0 spiro atoms. The standard InChI is InChI=1S/C14H14N6O3S/c1-19-9-10(8-16-19)24(22,23)18-11-4-2-3-5-13(11)20-7-6-12(17-20)14(15)21/h2-9,18H,1H3,(H2,15,21). The van der Waals surface area contributed by atoms with E-state index in [0.29, 0.717) is 11.4 Å². The number of sulfonamides is 1. The zero-order valence-corrected chi connectivity index (χ0v) is 13.4. The average Bonchev–Trinajstić information content (AvgIpc) is 3.16. The number of carbonyl (C=O) groups excluding carboxylic acids is 1. The molecule has 10 heteroatoms. The Bertz CT molecular complexity index is 1000. The molecule has 0 aliphatic heterocycles. The number of primary amides is 1. The monoisotopic (exact) mass is 346 g/mol. The van der Waals surface area contributed by atoms with Crippen molar-refractivity contribution in [2.24, 2.45) is 12.8 Å².